The number of fused-ring (bicyclic) bond motifs is 4. The van der Waals surface area contributed by atoms with Gasteiger partial charge in [-0.05, 0) is 87.2 Å². The molecule has 0 radical (unpaired) electrons. The van der Waals surface area contributed by atoms with Gasteiger partial charge in [0.2, 0.25) is 5.78 Å². The second-order valence-corrected chi connectivity index (χ2v) is 16.5. The SMILES string of the molecule is Cc1c(NC(=O)c2nc3c(n2C)CCN(CCC24CCC(C(=O)O)(CC2)C4)C3)cccc1-c1cccc(CC(=O)c2nc3c(n2C)CCN(C)C3)c1Cl. The summed E-state index contributed by atoms with van der Waals surface area (Å²) in [5.74, 6) is -0.128. The fraction of sp³-hybridized carbons (Fsp3) is 0.488. The van der Waals surface area contributed by atoms with Crippen LogP contribution in [-0.2, 0) is 51.2 Å². The van der Waals surface area contributed by atoms with Gasteiger partial charge in [0.05, 0.1) is 21.8 Å². The van der Waals surface area contributed by atoms with Gasteiger partial charge in [0.25, 0.3) is 5.91 Å². The third-order valence-electron chi connectivity index (χ3n) is 12.9. The molecule has 278 valence electrons. The van der Waals surface area contributed by atoms with Crippen molar-refractivity contribution in [2.45, 2.75) is 77.8 Å². The number of likely N-dealkylation sites (N-methyl/N-ethyl adjacent to an activating group) is 1. The highest BCUT2D eigenvalue weighted by atomic mass is 35.5. The first kappa shape index (κ1) is 35.7. The van der Waals surface area contributed by atoms with Gasteiger partial charge in [0.1, 0.15) is 0 Å². The summed E-state index contributed by atoms with van der Waals surface area (Å²) in [6.45, 7) is 6.13. The van der Waals surface area contributed by atoms with Crippen LogP contribution < -0.4 is 5.32 Å². The minimum absolute atomic E-state index is 0.0728. The van der Waals surface area contributed by atoms with Gasteiger partial charge in [0.15, 0.2) is 11.6 Å². The average Bonchev–Trinajstić information content (AvgIpc) is 3.89. The number of ketones is 1. The Kier molecular flexibility index (Phi) is 9.10. The molecule has 0 saturated heterocycles. The molecule has 0 unspecified atom stereocenters. The van der Waals surface area contributed by atoms with Gasteiger partial charge in [-0.2, -0.15) is 0 Å². The fourth-order valence-corrected chi connectivity index (χ4v) is 9.95. The smallest absolute Gasteiger partial charge is 0.309 e. The van der Waals surface area contributed by atoms with E-state index in [-0.39, 0.29) is 23.5 Å². The number of aromatic nitrogens is 4. The minimum Gasteiger partial charge on any atom is -0.481 e. The Bertz CT molecular complexity index is 2140. The van der Waals surface area contributed by atoms with Crippen molar-refractivity contribution in [1.82, 2.24) is 28.9 Å². The average molecular weight is 738 g/mol. The van der Waals surface area contributed by atoms with Crippen molar-refractivity contribution >= 4 is 34.9 Å². The standard InChI is InChI=1S/C41H48ClN7O4/c1-25-27(28-9-5-7-26(35(28)42)21-34(50)36-43-30-22-46(2)18-11-32(30)47(36)3)8-6-10-29(25)45-38(51)37-44-31-23-49(19-12-33(31)48(37)4)20-17-40-13-15-41(24-40,16-14-40)39(52)53/h5-10H,11-24H2,1-4H3,(H,45,51)(H,52,53). The molecule has 0 atom stereocenters. The number of carbonyl (C=O) groups is 3. The Morgan fingerprint density at radius 1 is 0.868 bits per heavy atom. The molecular formula is C41H48ClN7O4. The van der Waals surface area contributed by atoms with E-state index >= 15 is 0 Å². The predicted molar refractivity (Wildman–Crippen MR) is 203 cm³/mol. The summed E-state index contributed by atoms with van der Waals surface area (Å²) >= 11 is 7.03. The lowest BCUT2D eigenvalue weighted by Gasteiger charge is -2.32. The molecule has 2 aliphatic carbocycles. The molecule has 1 amide bonds. The number of nitrogens with one attached hydrogen (secondary N) is 1. The molecule has 12 heteroatoms. The molecule has 4 aliphatic rings. The molecular weight excluding hydrogens is 690 g/mol. The number of carboxylic acids is 1. The number of carboxylic acid groups (broad SMARTS) is 1. The number of nitrogens with zero attached hydrogens (tertiary/aromatic N) is 6. The highest BCUT2D eigenvalue weighted by molar-refractivity contribution is 6.34. The number of anilines is 1. The van der Waals surface area contributed by atoms with E-state index in [0.29, 0.717) is 28.9 Å². The number of imidazole rings is 2. The summed E-state index contributed by atoms with van der Waals surface area (Å²) in [6.07, 6.45) is 7.27. The first-order valence-electron chi connectivity index (χ1n) is 18.8. The van der Waals surface area contributed by atoms with Crippen LogP contribution >= 0.6 is 11.6 Å². The van der Waals surface area contributed by atoms with Gasteiger partial charge < -0.3 is 24.5 Å². The first-order valence-corrected chi connectivity index (χ1v) is 19.2. The Balaban J connectivity index is 0.950. The van der Waals surface area contributed by atoms with Crippen molar-refractivity contribution in [1.29, 1.82) is 0 Å². The van der Waals surface area contributed by atoms with Crippen LogP contribution in [0.5, 0.6) is 0 Å². The number of hydrogen-bond acceptors (Lipinski definition) is 7. The lowest BCUT2D eigenvalue weighted by Crippen LogP contribution is -2.34. The molecule has 2 fully saturated rings. The van der Waals surface area contributed by atoms with Crippen LogP contribution in [0.4, 0.5) is 5.69 Å². The van der Waals surface area contributed by atoms with Gasteiger partial charge >= 0.3 is 5.97 Å². The third kappa shape index (κ3) is 6.30. The summed E-state index contributed by atoms with van der Waals surface area (Å²) in [4.78, 5) is 53.4. The van der Waals surface area contributed by atoms with Gasteiger partial charge in [-0.15, -0.1) is 0 Å². The molecule has 2 aromatic heterocycles. The maximum Gasteiger partial charge on any atom is 0.309 e. The van der Waals surface area contributed by atoms with E-state index in [4.69, 9.17) is 21.6 Å². The molecule has 0 spiro atoms. The first-order chi connectivity index (χ1) is 25.4. The second kappa shape index (κ2) is 13.5. The lowest BCUT2D eigenvalue weighted by molar-refractivity contribution is -0.148. The number of carbonyl (C=O) groups excluding carboxylic acids is 2. The largest absolute Gasteiger partial charge is 0.481 e. The molecule has 2 aromatic carbocycles. The van der Waals surface area contributed by atoms with E-state index in [1.165, 1.54) is 0 Å². The van der Waals surface area contributed by atoms with E-state index < -0.39 is 11.4 Å². The van der Waals surface area contributed by atoms with Crippen LogP contribution in [0.25, 0.3) is 11.1 Å². The van der Waals surface area contributed by atoms with Gasteiger partial charge in [-0.25, -0.2) is 9.97 Å². The molecule has 2 bridgehead atoms. The topological polar surface area (TPSA) is 126 Å². The highest BCUT2D eigenvalue weighted by Gasteiger charge is 2.57. The van der Waals surface area contributed by atoms with Crippen molar-refractivity contribution in [3.05, 3.63) is 87.0 Å². The number of amides is 1. The Labute approximate surface area is 315 Å². The van der Waals surface area contributed by atoms with Crippen LogP contribution in [0.1, 0.15) is 93.7 Å². The van der Waals surface area contributed by atoms with E-state index in [9.17, 15) is 19.5 Å². The molecule has 4 aromatic rings. The van der Waals surface area contributed by atoms with Crippen LogP contribution in [0.3, 0.4) is 0 Å². The number of halogens is 1. The Hall–Kier alpha value is -4.32. The van der Waals surface area contributed by atoms with Crippen molar-refractivity contribution in [2.24, 2.45) is 24.9 Å². The van der Waals surface area contributed by atoms with Crippen LogP contribution in [0.2, 0.25) is 5.02 Å². The molecule has 11 nitrogen and oxygen atoms in total. The van der Waals surface area contributed by atoms with Gasteiger partial charge in [-0.1, -0.05) is 41.9 Å². The molecule has 4 heterocycles. The van der Waals surface area contributed by atoms with E-state index in [1.807, 2.05) is 66.6 Å². The van der Waals surface area contributed by atoms with E-state index in [0.717, 1.165) is 123 Å². The third-order valence-corrected chi connectivity index (χ3v) is 13.4. The monoisotopic (exact) mass is 737 g/mol. The highest BCUT2D eigenvalue weighted by Crippen LogP contribution is 2.63. The zero-order valence-electron chi connectivity index (χ0n) is 31.1. The zero-order valence-corrected chi connectivity index (χ0v) is 31.9. The number of aliphatic carboxylic acids is 1. The maximum absolute atomic E-state index is 13.8. The quantitative estimate of drug-likeness (QED) is 0.184. The molecule has 2 N–H and O–H groups in total. The lowest BCUT2D eigenvalue weighted by atomic mass is 9.80. The summed E-state index contributed by atoms with van der Waals surface area (Å²) in [7, 11) is 5.89. The maximum atomic E-state index is 13.8. The summed E-state index contributed by atoms with van der Waals surface area (Å²) in [5.41, 5.74) is 7.68. The van der Waals surface area contributed by atoms with E-state index in [1.54, 1.807) is 0 Å². The molecule has 2 saturated carbocycles. The summed E-state index contributed by atoms with van der Waals surface area (Å²) in [6, 6.07) is 11.5. The van der Waals surface area contributed by atoms with Crippen LogP contribution in [0, 0.1) is 17.8 Å². The molecule has 8 rings (SSSR count). The van der Waals surface area contributed by atoms with Crippen LogP contribution in [0.15, 0.2) is 36.4 Å². The Morgan fingerprint density at radius 2 is 1.53 bits per heavy atom. The fourth-order valence-electron chi connectivity index (χ4n) is 9.66. The number of rotatable bonds is 10. The normalized spacial score (nSPS) is 22.5. The molecule has 53 heavy (non-hydrogen) atoms. The summed E-state index contributed by atoms with van der Waals surface area (Å²) in [5, 5.41) is 13.4. The number of benzene rings is 2. The van der Waals surface area contributed by atoms with Crippen molar-refractivity contribution in [2.75, 3.05) is 32.0 Å². The minimum atomic E-state index is -0.616. The second-order valence-electron chi connectivity index (χ2n) is 16.1. The van der Waals surface area contributed by atoms with Crippen LogP contribution in [-0.4, -0.2) is 78.4 Å². The van der Waals surface area contributed by atoms with Crippen molar-refractivity contribution in [3.63, 3.8) is 0 Å². The molecule has 2 aliphatic heterocycles. The van der Waals surface area contributed by atoms with Crippen molar-refractivity contribution < 1.29 is 19.5 Å². The van der Waals surface area contributed by atoms with Gasteiger partial charge in [-0.3, -0.25) is 19.3 Å². The van der Waals surface area contributed by atoms with E-state index in [2.05, 4.69) is 22.2 Å². The number of hydrogen-bond donors (Lipinski definition) is 2. The van der Waals surface area contributed by atoms with Gasteiger partial charge in [0, 0.05) is 82.2 Å². The zero-order chi connectivity index (χ0) is 37.2. The van der Waals surface area contributed by atoms with Crippen molar-refractivity contribution in [3.8, 4) is 11.1 Å². The number of Topliss-reactive ketones (excluding diaryl/α,β-unsaturated/α-hetero) is 1. The summed E-state index contributed by atoms with van der Waals surface area (Å²) < 4.78 is 3.86. The predicted octanol–water partition coefficient (Wildman–Crippen LogP) is 6.23. The Morgan fingerprint density at radius 3 is 2.26 bits per heavy atom.